The Bertz CT molecular complexity index is 1020. The maximum atomic E-state index is 12.4. The van der Waals surface area contributed by atoms with Gasteiger partial charge in [0.15, 0.2) is 0 Å². The van der Waals surface area contributed by atoms with Crippen LogP contribution in [0, 0.1) is 0 Å². The van der Waals surface area contributed by atoms with Gasteiger partial charge in [0.25, 0.3) is 0 Å². The molecule has 1 heterocycles. The largest absolute Gasteiger partial charge is 0.422 e. The second-order valence-electron chi connectivity index (χ2n) is 5.37. The van der Waals surface area contributed by atoms with Crippen molar-refractivity contribution in [2.24, 2.45) is 0 Å². The van der Waals surface area contributed by atoms with Gasteiger partial charge in [0.05, 0.1) is 5.39 Å². The van der Waals surface area contributed by atoms with Crippen LogP contribution < -0.4 is 5.63 Å². The van der Waals surface area contributed by atoms with E-state index in [-0.39, 0.29) is 5.63 Å². The molecule has 0 spiro atoms. The van der Waals surface area contributed by atoms with Gasteiger partial charge in [-0.15, -0.1) is 0 Å². The average Bonchev–Trinajstić information content (AvgIpc) is 2.63. The Morgan fingerprint density at radius 3 is 1.74 bits per heavy atom. The van der Waals surface area contributed by atoms with Gasteiger partial charge >= 0.3 is 5.63 Å². The molecule has 0 aliphatic rings. The van der Waals surface area contributed by atoms with Crippen LogP contribution in [-0.2, 0) is 0 Å². The summed E-state index contributed by atoms with van der Waals surface area (Å²) < 4.78 is 5.71. The number of fused-ring (bicyclic) bond motifs is 1. The number of hydrogen-bond acceptors (Lipinski definition) is 2. The van der Waals surface area contributed by atoms with Crippen LogP contribution >= 0.6 is 0 Å². The second-order valence-corrected chi connectivity index (χ2v) is 5.37. The number of hydrogen-bond donors (Lipinski definition) is 0. The molecule has 3 aromatic carbocycles. The highest BCUT2D eigenvalue weighted by molar-refractivity contribution is 6.01. The van der Waals surface area contributed by atoms with Gasteiger partial charge in [-0.1, -0.05) is 78.9 Å². The van der Waals surface area contributed by atoms with Crippen molar-refractivity contribution in [2.75, 3.05) is 0 Å². The summed E-state index contributed by atoms with van der Waals surface area (Å²) in [5.74, 6) is 0.612. The highest BCUT2D eigenvalue weighted by atomic mass is 18.1. The fourth-order valence-electron chi connectivity index (χ4n) is 2.88. The van der Waals surface area contributed by atoms with E-state index in [1.165, 1.54) is 0 Å². The molecule has 0 fully saturated rings. The van der Waals surface area contributed by atoms with Gasteiger partial charge in [-0.2, -0.15) is 0 Å². The highest BCUT2D eigenvalue weighted by Gasteiger charge is 2.16. The molecule has 0 bridgehead atoms. The minimum atomic E-state index is -0.306. The molecule has 2 nitrogen and oxygen atoms in total. The fraction of sp³-hybridized carbons (Fsp3) is 0. The van der Waals surface area contributed by atoms with Crippen molar-refractivity contribution < 1.29 is 4.42 Å². The predicted octanol–water partition coefficient (Wildman–Crippen LogP) is 5.13. The van der Waals surface area contributed by atoms with E-state index in [1.54, 1.807) is 0 Å². The first-order valence-corrected chi connectivity index (χ1v) is 7.51. The van der Waals surface area contributed by atoms with Crippen molar-refractivity contribution in [2.45, 2.75) is 0 Å². The first-order chi connectivity index (χ1) is 11.3. The van der Waals surface area contributed by atoms with Crippen molar-refractivity contribution in [1.82, 2.24) is 0 Å². The van der Waals surface area contributed by atoms with Crippen LogP contribution in [0.3, 0.4) is 0 Å². The molecule has 0 unspecified atom stereocenters. The molecular weight excluding hydrogens is 286 g/mol. The Balaban J connectivity index is 2.16. The summed E-state index contributed by atoms with van der Waals surface area (Å²) >= 11 is 0. The van der Waals surface area contributed by atoms with Gasteiger partial charge in [-0.05, 0) is 11.6 Å². The molecule has 4 rings (SSSR count). The topological polar surface area (TPSA) is 30.2 Å². The summed E-state index contributed by atoms with van der Waals surface area (Å²) in [4.78, 5) is 12.4. The van der Waals surface area contributed by atoms with Crippen molar-refractivity contribution >= 4 is 10.8 Å². The van der Waals surface area contributed by atoms with Crippen LogP contribution in [0.15, 0.2) is 94.1 Å². The van der Waals surface area contributed by atoms with Crippen molar-refractivity contribution in [3.05, 3.63) is 95.3 Å². The maximum absolute atomic E-state index is 12.4. The summed E-state index contributed by atoms with van der Waals surface area (Å²) in [7, 11) is 0. The lowest BCUT2D eigenvalue weighted by molar-refractivity contribution is 0.536. The minimum absolute atomic E-state index is 0.306. The molecule has 4 aromatic rings. The summed E-state index contributed by atoms with van der Waals surface area (Å²) in [5, 5.41) is 1.51. The molecule has 1 aromatic heterocycles. The van der Waals surface area contributed by atoms with Crippen LogP contribution in [0.2, 0.25) is 0 Å². The normalized spacial score (nSPS) is 10.8. The van der Waals surface area contributed by atoms with Gasteiger partial charge in [0, 0.05) is 16.5 Å². The summed E-state index contributed by atoms with van der Waals surface area (Å²) in [6.07, 6.45) is 0. The zero-order chi connectivity index (χ0) is 15.6. The van der Waals surface area contributed by atoms with Crippen LogP contribution in [0.5, 0.6) is 0 Å². The van der Waals surface area contributed by atoms with Crippen LogP contribution in [0.4, 0.5) is 0 Å². The van der Waals surface area contributed by atoms with E-state index in [0.29, 0.717) is 11.1 Å². The molecule has 0 aliphatic carbocycles. The van der Waals surface area contributed by atoms with Gasteiger partial charge < -0.3 is 4.42 Å². The van der Waals surface area contributed by atoms with Crippen molar-refractivity contribution in [1.29, 1.82) is 0 Å². The SMILES string of the molecule is [18O]=c1oc(-c2ccccc2)c(-c2ccccc2)c2ccccc12. The molecule has 0 radical (unpaired) electrons. The lowest BCUT2D eigenvalue weighted by Gasteiger charge is -2.12. The highest BCUT2D eigenvalue weighted by Crippen LogP contribution is 2.36. The fourth-order valence-corrected chi connectivity index (χ4v) is 2.88. The van der Waals surface area contributed by atoms with E-state index in [9.17, 15) is 4.79 Å². The molecule has 0 atom stereocenters. The van der Waals surface area contributed by atoms with E-state index >= 15 is 0 Å². The van der Waals surface area contributed by atoms with Gasteiger partial charge in [-0.25, -0.2) is 4.79 Å². The second kappa shape index (κ2) is 5.58. The lowest BCUT2D eigenvalue weighted by atomic mass is 9.95. The Morgan fingerprint density at radius 2 is 1.09 bits per heavy atom. The minimum Gasteiger partial charge on any atom is -0.422 e. The molecule has 0 amide bonds. The van der Waals surface area contributed by atoms with E-state index in [4.69, 9.17) is 4.42 Å². The molecular formula is C21H14O2. The van der Waals surface area contributed by atoms with Gasteiger partial charge in [-0.3, -0.25) is 0 Å². The van der Waals surface area contributed by atoms with E-state index in [1.807, 2.05) is 84.9 Å². The molecule has 23 heavy (non-hydrogen) atoms. The lowest BCUT2D eigenvalue weighted by Crippen LogP contribution is -2.02. The van der Waals surface area contributed by atoms with Crippen LogP contribution in [0.1, 0.15) is 0 Å². The third-order valence-electron chi connectivity index (χ3n) is 3.94. The summed E-state index contributed by atoms with van der Waals surface area (Å²) in [5.41, 5.74) is 2.58. The first-order valence-electron chi connectivity index (χ1n) is 7.51. The summed E-state index contributed by atoms with van der Waals surface area (Å²) in [6.45, 7) is 0. The quantitative estimate of drug-likeness (QED) is 0.481. The third-order valence-corrected chi connectivity index (χ3v) is 3.94. The molecule has 0 saturated carbocycles. The van der Waals surface area contributed by atoms with Crippen molar-refractivity contribution in [3.8, 4) is 22.5 Å². The Kier molecular flexibility index (Phi) is 3.28. The third kappa shape index (κ3) is 2.34. The average molecular weight is 300 g/mol. The molecule has 2 heteroatoms. The summed E-state index contributed by atoms with van der Waals surface area (Å²) in [6, 6.07) is 27.4. The Hall–Kier alpha value is -3.13. The molecule has 0 saturated heterocycles. The zero-order valence-electron chi connectivity index (χ0n) is 12.4. The number of benzene rings is 3. The smallest absolute Gasteiger partial charge is 0.344 e. The zero-order valence-corrected chi connectivity index (χ0v) is 12.4. The van der Waals surface area contributed by atoms with Gasteiger partial charge in [0.1, 0.15) is 5.76 Å². The standard InChI is InChI=1S/C21H14O2/c22-21-18-14-8-7-13-17(18)19(15-9-3-1-4-10-15)20(23-21)16-11-5-2-6-12-16/h1-14H/i22+2. The van der Waals surface area contributed by atoms with Crippen LogP contribution in [-0.4, -0.2) is 0 Å². The Morgan fingerprint density at radius 1 is 0.565 bits per heavy atom. The maximum Gasteiger partial charge on any atom is 0.344 e. The van der Waals surface area contributed by atoms with Crippen LogP contribution in [0.25, 0.3) is 33.2 Å². The predicted molar refractivity (Wildman–Crippen MR) is 93.4 cm³/mol. The van der Waals surface area contributed by atoms with Gasteiger partial charge in [0.2, 0.25) is 0 Å². The molecule has 0 aliphatic heterocycles. The van der Waals surface area contributed by atoms with E-state index in [0.717, 1.165) is 22.1 Å². The monoisotopic (exact) mass is 300 g/mol. The molecule has 0 N–H and O–H groups in total. The number of rotatable bonds is 2. The van der Waals surface area contributed by atoms with E-state index in [2.05, 4.69) is 0 Å². The molecule has 110 valence electrons. The van der Waals surface area contributed by atoms with E-state index < -0.39 is 0 Å². The Labute approximate surface area is 133 Å². The first kappa shape index (κ1) is 13.5. The van der Waals surface area contributed by atoms with Crippen molar-refractivity contribution in [3.63, 3.8) is 0 Å².